The number of esters is 1. The Morgan fingerprint density at radius 2 is 1.74 bits per heavy atom. The highest BCUT2D eigenvalue weighted by Gasteiger charge is 2.08. The van der Waals surface area contributed by atoms with E-state index in [9.17, 15) is 9.59 Å². The average Bonchev–Trinajstić information content (AvgIpc) is 2.46. The van der Waals surface area contributed by atoms with E-state index in [0.29, 0.717) is 22.6 Å². The Balaban J connectivity index is 2.27. The van der Waals surface area contributed by atoms with E-state index >= 15 is 0 Å². The lowest BCUT2D eigenvalue weighted by Gasteiger charge is -2.02. The van der Waals surface area contributed by atoms with E-state index in [-0.39, 0.29) is 5.78 Å². The normalized spacial score (nSPS) is 10.0. The second-order valence-corrected chi connectivity index (χ2v) is 3.77. The number of ketones is 1. The van der Waals surface area contributed by atoms with Gasteiger partial charge in [-0.3, -0.25) is 14.8 Å². The molecule has 0 amide bonds. The number of carbonyl (C=O) groups is 2. The van der Waals surface area contributed by atoms with Crippen LogP contribution in [0.4, 0.5) is 0 Å². The Bertz CT molecular complexity index is 606. The Morgan fingerprint density at radius 1 is 1.00 bits per heavy atom. The molecule has 0 saturated carbocycles. The zero-order chi connectivity index (χ0) is 13.8. The summed E-state index contributed by atoms with van der Waals surface area (Å²) in [5.41, 5.74) is 1.76. The number of ether oxygens (including phenoxy) is 1. The first kappa shape index (κ1) is 12.8. The number of hydrogen-bond acceptors (Lipinski definition) is 6. The fourth-order valence-corrected chi connectivity index (χ4v) is 1.43. The van der Waals surface area contributed by atoms with Crippen LogP contribution in [-0.2, 0) is 4.74 Å². The van der Waals surface area contributed by atoms with Crippen LogP contribution < -0.4 is 0 Å². The largest absolute Gasteiger partial charge is 0.465 e. The Morgan fingerprint density at radius 3 is 2.21 bits per heavy atom. The predicted molar refractivity (Wildman–Crippen MR) is 66.6 cm³/mol. The SMILES string of the molecule is COC(=O)c1ccc(-c2cnc(C(C)=O)cn2)nc1. The maximum atomic E-state index is 11.3. The van der Waals surface area contributed by atoms with Crippen molar-refractivity contribution < 1.29 is 14.3 Å². The molecule has 2 heterocycles. The topological polar surface area (TPSA) is 82.0 Å². The number of rotatable bonds is 3. The molecule has 6 nitrogen and oxygen atoms in total. The molecule has 6 heteroatoms. The molecule has 0 aliphatic heterocycles. The molecule has 0 aliphatic rings. The Labute approximate surface area is 109 Å². The van der Waals surface area contributed by atoms with Gasteiger partial charge in [0, 0.05) is 13.1 Å². The molecule has 19 heavy (non-hydrogen) atoms. The van der Waals surface area contributed by atoms with Crippen LogP contribution in [0.15, 0.2) is 30.7 Å². The third kappa shape index (κ3) is 2.79. The Kier molecular flexibility index (Phi) is 3.61. The number of aromatic nitrogens is 3. The molecule has 0 fully saturated rings. The molecule has 0 N–H and O–H groups in total. The molecular weight excluding hydrogens is 246 g/mol. The second-order valence-electron chi connectivity index (χ2n) is 3.77. The molecule has 96 valence electrons. The van der Waals surface area contributed by atoms with Gasteiger partial charge in [-0.25, -0.2) is 9.78 Å². The van der Waals surface area contributed by atoms with Crippen molar-refractivity contribution in [3.8, 4) is 11.4 Å². The van der Waals surface area contributed by atoms with Crippen LogP contribution in [-0.4, -0.2) is 33.8 Å². The molecule has 0 aromatic carbocycles. The van der Waals surface area contributed by atoms with E-state index < -0.39 is 5.97 Å². The highest BCUT2D eigenvalue weighted by molar-refractivity contribution is 5.92. The fraction of sp³-hybridized carbons (Fsp3) is 0.154. The maximum Gasteiger partial charge on any atom is 0.339 e. The van der Waals surface area contributed by atoms with Crippen molar-refractivity contribution in [3.05, 3.63) is 42.0 Å². The van der Waals surface area contributed by atoms with Gasteiger partial charge in [0.2, 0.25) is 0 Å². The van der Waals surface area contributed by atoms with Crippen molar-refractivity contribution in [1.29, 1.82) is 0 Å². The van der Waals surface area contributed by atoms with E-state index in [0.717, 1.165) is 0 Å². The van der Waals surface area contributed by atoms with E-state index in [1.54, 1.807) is 12.1 Å². The van der Waals surface area contributed by atoms with Crippen molar-refractivity contribution >= 4 is 11.8 Å². The van der Waals surface area contributed by atoms with Gasteiger partial charge in [0.1, 0.15) is 11.4 Å². The van der Waals surface area contributed by atoms with Gasteiger partial charge in [0.25, 0.3) is 0 Å². The summed E-state index contributed by atoms with van der Waals surface area (Å²) in [4.78, 5) is 34.5. The number of Topliss-reactive ketones (excluding diaryl/α,β-unsaturated/α-hetero) is 1. The zero-order valence-electron chi connectivity index (χ0n) is 10.5. The van der Waals surface area contributed by atoms with Crippen molar-refractivity contribution in [2.75, 3.05) is 7.11 Å². The smallest absolute Gasteiger partial charge is 0.339 e. The summed E-state index contributed by atoms with van der Waals surface area (Å²) in [6.45, 7) is 1.42. The van der Waals surface area contributed by atoms with Crippen LogP contribution in [0.3, 0.4) is 0 Å². The summed E-state index contributed by atoms with van der Waals surface area (Å²) in [7, 11) is 1.31. The summed E-state index contributed by atoms with van der Waals surface area (Å²) in [5.74, 6) is -0.592. The number of methoxy groups -OCH3 is 1. The number of nitrogens with zero attached hydrogens (tertiary/aromatic N) is 3. The minimum absolute atomic E-state index is 0.145. The van der Waals surface area contributed by atoms with Gasteiger partial charge in [-0.15, -0.1) is 0 Å². The Hall–Kier alpha value is -2.63. The molecule has 2 aromatic rings. The van der Waals surface area contributed by atoms with Crippen molar-refractivity contribution in [3.63, 3.8) is 0 Å². The van der Waals surface area contributed by atoms with Crippen molar-refractivity contribution in [1.82, 2.24) is 15.0 Å². The number of hydrogen-bond donors (Lipinski definition) is 0. The first-order chi connectivity index (χ1) is 9.11. The van der Waals surface area contributed by atoms with Crippen LogP contribution in [0.5, 0.6) is 0 Å². The van der Waals surface area contributed by atoms with Gasteiger partial charge in [-0.1, -0.05) is 0 Å². The minimum Gasteiger partial charge on any atom is -0.465 e. The lowest BCUT2D eigenvalue weighted by molar-refractivity contribution is 0.0600. The van der Waals surface area contributed by atoms with Gasteiger partial charge in [0.05, 0.1) is 30.8 Å². The standard InChI is InChI=1S/C13H11N3O3/c1-8(17)11-6-16-12(7-15-11)10-4-3-9(5-14-10)13(18)19-2/h3-7H,1-2H3. The highest BCUT2D eigenvalue weighted by Crippen LogP contribution is 2.13. The minimum atomic E-state index is -0.447. The molecule has 2 aromatic heterocycles. The van der Waals surface area contributed by atoms with Gasteiger partial charge in [-0.05, 0) is 12.1 Å². The zero-order valence-corrected chi connectivity index (χ0v) is 10.5. The fourth-order valence-electron chi connectivity index (χ4n) is 1.43. The summed E-state index contributed by atoms with van der Waals surface area (Å²) in [5, 5.41) is 0. The quantitative estimate of drug-likeness (QED) is 0.612. The number of pyridine rings is 1. The first-order valence-corrected chi connectivity index (χ1v) is 5.49. The van der Waals surface area contributed by atoms with Crippen molar-refractivity contribution in [2.24, 2.45) is 0 Å². The molecule has 0 bridgehead atoms. The molecule has 0 spiro atoms. The van der Waals surface area contributed by atoms with Gasteiger partial charge in [0.15, 0.2) is 5.78 Å². The summed E-state index contributed by atoms with van der Waals surface area (Å²) < 4.78 is 4.58. The van der Waals surface area contributed by atoms with E-state index in [2.05, 4.69) is 19.7 Å². The maximum absolute atomic E-state index is 11.3. The van der Waals surface area contributed by atoms with Gasteiger partial charge < -0.3 is 4.74 Å². The van der Waals surface area contributed by atoms with Gasteiger partial charge >= 0.3 is 5.97 Å². The number of carbonyl (C=O) groups excluding carboxylic acids is 2. The third-order valence-electron chi connectivity index (χ3n) is 2.46. The molecule has 0 radical (unpaired) electrons. The first-order valence-electron chi connectivity index (χ1n) is 5.49. The second kappa shape index (κ2) is 5.34. The lowest BCUT2D eigenvalue weighted by atomic mass is 10.2. The van der Waals surface area contributed by atoms with Crippen LogP contribution in [0, 0.1) is 0 Å². The van der Waals surface area contributed by atoms with Gasteiger partial charge in [-0.2, -0.15) is 0 Å². The summed E-state index contributed by atoms with van der Waals surface area (Å²) >= 11 is 0. The molecule has 2 rings (SSSR count). The third-order valence-corrected chi connectivity index (χ3v) is 2.46. The summed E-state index contributed by atoms with van der Waals surface area (Å²) in [6.07, 6.45) is 4.27. The van der Waals surface area contributed by atoms with Crippen LogP contribution in [0.1, 0.15) is 27.8 Å². The summed E-state index contributed by atoms with van der Waals surface area (Å²) in [6, 6.07) is 3.23. The molecule has 0 aliphatic carbocycles. The van der Waals surface area contributed by atoms with E-state index in [4.69, 9.17) is 0 Å². The predicted octanol–water partition coefficient (Wildman–Crippen LogP) is 1.53. The van der Waals surface area contributed by atoms with Crippen LogP contribution in [0.25, 0.3) is 11.4 Å². The van der Waals surface area contributed by atoms with E-state index in [1.165, 1.54) is 32.6 Å². The molecule has 0 atom stereocenters. The monoisotopic (exact) mass is 257 g/mol. The van der Waals surface area contributed by atoms with E-state index in [1.807, 2.05) is 0 Å². The van der Waals surface area contributed by atoms with Crippen LogP contribution in [0.2, 0.25) is 0 Å². The highest BCUT2D eigenvalue weighted by atomic mass is 16.5. The molecule has 0 unspecified atom stereocenters. The molecule has 0 saturated heterocycles. The average molecular weight is 257 g/mol. The van der Waals surface area contributed by atoms with Crippen molar-refractivity contribution in [2.45, 2.75) is 6.92 Å². The molecular formula is C13H11N3O3. The van der Waals surface area contributed by atoms with Crippen LogP contribution >= 0.6 is 0 Å². The lowest BCUT2D eigenvalue weighted by Crippen LogP contribution is -2.02.